The molecule has 0 aromatic heterocycles. The second kappa shape index (κ2) is 6.20. The molecule has 3 heteroatoms. The molecule has 1 aliphatic rings. The second-order valence-corrected chi connectivity index (χ2v) is 6.66. The zero-order valence-electron chi connectivity index (χ0n) is 12.5. The van der Waals surface area contributed by atoms with Crippen LogP contribution in [0, 0.1) is 6.92 Å². The predicted molar refractivity (Wildman–Crippen MR) is 92.9 cm³/mol. The molecule has 1 fully saturated rings. The van der Waals surface area contributed by atoms with Crippen LogP contribution in [0.5, 0.6) is 0 Å². The van der Waals surface area contributed by atoms with E-state index in [1.807, 2.05) is 0 Å². The lowest BCUT2D eigenvalue weighted by atomic mass is 10.0. The Morgan fingerprint density at radius 1 is 1.14 bits per heavy atom. The van der Waals surface area contributed by atoms with Crippen LogP contribution in [0.15, 0.2) is 53.0 Å². The third-order valence-electron chi connectivity index (χ3n) is 4.25. The molecular weight excluding hydrogens is 324 g/mol. The average molecular weight is 345 g/mol. The predicted octanol–water partition coefficient (Wildman–Crippen LogP) is 4.30. The molecule has 1 heterocycles. The number of nitrogens with one attached hydrogen (secondary N) is 1. The van der Waals surface area contributed by atoms with E-state index in [2.05, 4.69) is 88.5 Å². The van der Waals surface area contributed by atoms with Crippen molar-refractivity contribution in [2.75, 3.05) is 18.0 Å². The molecule has 3 rings (SSSR count). The molecule has 2 atom stereocenters. The monoisotopic (exact) mass is 344 g/mol. The molecule has 0 bridgehead atoms. The smallest absolute Gasteiger partial charge is 0.0499 e. The zero-order valence-corrected chi connectivity index (χ0v) is 14.1. The Morgan fingerprint density at radius 3 is 2.62 bits per heavy atom. The molecule has 0 radical (unpaired) electrons. The fourth-order valence-corrected chi connectivity index (χ4v) is 3.19. The fraction of sp³-hybridized carbons (Fsp3) is 0.333. The number of hydrogen-bond donors (Lipinski definition) is 1. The normalized spacial score (nSPS) is 22.3. The van der Waals surface area contributed by atoms with Gasteiger partial charge >= 0.3 is 0 Å². The van der Waals surface area contributed by atoms with E-state index in [0.717, 1.165) is 13.1 Å². The van der Waals surface area contributed by atoms with Gasteiger partial charge in [-0.25, -0.2) is 0 Å². The van der Waals surface area contributed by atoms with Crippen LogP contribution in [0.2, 0.25) is 0 Å². The highest BCUT2D eigenvalue weighted by Crippen LogP contribution is 2.28. The van der Waals surface area contributed by atoms with Gasteiger partial charge in [0.15, 0.2) is 0 Å². The lowest BCUT2D eigenvalue weighted by Crippen LogP contribution is -2.51. The Kier molecular flexibility index (Phi) is 4.32. The fourth-order valence-electron chi connectivity index (χ4n) is 2.94. The molecule has 0 spiro atoms. The Morgan fingerprint density at radius 2 is 1.90 bits per heavy atom. The van der Waals surface area contributed by atoms with Crippen molar-refractivity contribution in [2.45, 2.75) is 25.9 Å². The van der Waals surface area contributed by atoms with Gasteiger partial charge in [0.05, 0.1) is 0 Å². The highest BCUT2D eigenvalue weighted by molar-refractivity contribution is 9.10. The largest absolute Gasteiger partial charge is 0.366 e. The number of rotatable bonds is 2. The van der Waals surface area contributed by atoms with Crippen LogP contribution in [-0.4, -0.2) is 19.1 Å². The van der Waals surface area contributed by atoms with Gasteiger partial charge in [0.25, 0.3) is 0 Å². The maximum absolute atomic E-state index is 3.66. The summed E-state index contributed by atoms with van der Waals surface area (Å²) in [5.74, 6) is 0. The molecule has 0 amide bonds. The van der Waals surface area contributed by atoms with Gasteiger partial charge in [-0.2, -0.15) is 0 Å². The van der Waals surface area contributed by atoms with Crippen molar-refractivity contribution in [3.63, 3.8) is 0 Å². The first-order valence-corrected chi connectivity index (χ1v) is 8.25. The summed E-state index contributed by atoms with van der Waals surface area (Å²) in [6, 6.07) is 18.2. The number of halogens is 1. The third kappa shape index (κ3) is 3.14. The minimum Gasteiger partial charge on any atom is -0.366 e. The Hall–Kier alpha value is -1.32. The molecule has 2 aromatic rings. The van der Waals surface area contributed by atoms with E-state index in [1.165, 1.54) is 21.3 Å². The molecule has 2 aromatic carbocycles. The van der Waals surface area contributed by atoms with Crippen molar-refractivity contribution in [3.05, 3.63) is 64.1 Å². The molecule has 1 N–H and O–H groups in total. The SMILES string of the molecule is Cc1cc(N2CC(c3ccccc3)NCC2C)ccc1Br. The Labute approximate surface area is 135 Å². The summed E-state index contributed by atoms with van der Waals surface area (Å²) in [7, 11) is 0. The molecule has 0 aliphatic carbocycles. The number of anilines is 1. The van der Waals surface area contributed by atoms with E-state index < -0.39 is 0 Å². The van der Waals surface area contributed by atoms with E-state index in [1.54, 1.807) is 0 Å². The van der Waals surface area contributed by atoms with Crippen LogP contribution in [0.3, 0.4) is 0 Å². The summed E-state index contributed by atoms with van der Waals surface area (Å²) in [5.41, 5.74) is 3.96. The average Bonchev–Trinajstić information content (AvgIpc) is 2.51. The Bertz CT molecular complexity index is 612. The minimum atomic E-state index is 0.395. The molecule has 2 nitrogen and oxygen atoms in total. The molecule has 21 heavy (non-hydrogen) atoms. The maximum Gasteiger partial charge on any atom is 0.0499 e. The number of benzene rings is 2. The van der Waals surface area contributed by atoms with Gasteiger partial charge in [0, 0.05) is 35.3 Å². The van der Waals surface area contributed by atoms with Crippen LogP contribution in [0.4, 0.5) is 5.69 Å². The van der Waals surface area contributed by atoms with E-state index in [9.17, 15) is 0 Å². The summed E-state index contributed by atoms with van der Waals surface area (Å²) in [4.78, 5) is 2.51. The van der Waals surface area contributed by atoms with E-state index in [0.29, 0.717) is 12.1 Å². The van der Waals surface area contributed by atoms with Crippen LogP contribution in [0.25, 0.3) is 0 Å². The maximum atomic E-state index is 3.66. The lowest BCUT2D eigenvalue weighted by molar-refractivity contribution is 0.414. The molecule has 2 unspecified atom stereocenters. The van der Waals surface area contributed by atoms with Gasteiger partial charge < -0.3 is 10.2 Å². The summed E-state index contributed by atoms with van der Waals surface area (Å²) >= 11 is 3.59. The number of piperazine rings is 1. The van der Waals surface area contributed by atoms with Crippen molar-refractivity contribution in [3.8, 4) is 0 Å². The second-order valence-electron chi connectivity index (χ2n) is 5.81. The minimum absolute atomic E-state index is 0.395. The van der Waals surface area contributed by atoms with E-state index in [4.69, 9.17) is 0 Å². The van der Waals surface area contributed by atoms with Crippen molar-refractivity contribution in [2.24, 2.45) is 0 Å². The van der Waals surface area contributed by atoms with Crippen LogP contribution in [-0.2, 0) is 0 Å². The molecule has 0 saturated carbocycles. The van der Waals surface area contributed by atoms with Gasteiger partial charge in [-0.3, -0.25) is 0 Å². The first kappa shape index (κ1) is 14.6. The lowest BCUT2D eigenvalue weighted by Gasteiger charge is -2.40. The summed E-state index contributed by atoms with van der Waals surface area (Å²) in [6.45, 7) is 6.45. The van der Waals surface area contributed by atoms with E-state index >= 15 is 0 Å². The van der Waals surface area contributed by atoms with Gasteiger partial charge in [0.1, 0.15) is 0 Å². The van der Waals surface area contributed by atoms with Crippen LogP contribution >= 0.6 is 15.9 Å². The van der Waals surface area contributed by atoms with Gasteiger partial charge in [-0.15, -0.1) is 0 Å². The number of aryl methyl sites for hydroxylation is 1. The zero-order chi connectivity index (χ0) is 14.8. The third-order valence-corrected chi connectivity index (χ3v) is 5.14. The highest BCUT2D eigenvalue weighted by atomic mass is 79.9. The van der Waals surface area contributed by atoms with Crippen molar-refractivity contribution >= 4 is 21.6 Å². The molecule has 1 saturated heterocycles. The van der Waals surface area contributed by atoms with E-state index in [-0.39, 0.29) is 0 Å². The number of hydrogen-bond acceptors (Lipinski definition) is 2. The standard InChI is InChI=1S/C18H21BrN2/c1-13-10-16(8-9-17(13)19)21-12-18(20-11-14(21)2)15-6-4-3-5-7-15/h3-10,14,18,20H,11-12H2,1-2H3. The first-order valence-electron chi connectivity index (χ1n) is 7.46. The first-order chi connectivity index (χ1) is 10.1. The quantitative estimate of drug-likeness (QED) is 0.873. The van der Waals surface area contributed by atoms with Crippen molar-refractivity contribution in [1.29, 1.82) is 0 Å². The van der Waals surface area contributed by atoms with Crippen LogP contribution in [0.1, 0.15) is 24.1 Å². The number of nitrogens with zero attached hydrogens (tertiary/aromatic N) is 1. The van der Waals surface area contributed by atoms with Crippen LogP contribution < -0.4 is 10.2 Å². The Balaban J connectivity index is 1.85. The topological polar surface area (TPSA) is 15.3 Å². The van der Waals surface area contributed by atoms with Gasteiger partial charge in [-0.05, 0) is 43.2 Å². The summed E-state index contributed by atoms with van der Waals surface area (Å²) in [5, 5.41) is 3.66. The van der Waals surface area contributed by atoms with Crippen molar-refractivity contribution < 1.29 is 0 Å². The molecule has 1 aliphatic heterocycles. The summed E-state index contributed by atoms with van der Waals surface area (Å²) in [6.07, 6.45) is 0. The summed E-state index contributed by atoms with van der Waals surface area (Å²) < 4.78 is 1.17. The van der Waals surface area contributed by atoms with Gasteiger partial charge in [-0.1, -0.05) is 46.3 Å². The molecule has 110 valence electrons. The van der Waals surface area contributed by atoms with Gasteiger partial charge in [0.2, 0.25) is 0 Å². The molecular formula is C18H21BrN2. The highest BCUT2D eigenvalue weighted by Gasteiger charge is 2.26. The van der Waals surface area contributed by atoms with Crippen molar-refractivity contribution in [1.82, 2.24) is 5.32 Å².